The topological polar surface area (TPSA) is 78.9 Å². The quantitative estimate of drug-likeness (QED) is 0.0261. The number of carbonyl (C=O) groups is 3. The fourth-order valence-electron chi connectivity index (χ4n) is 9.47. The van der Waals surface area contributed by atoms with E-state index in [1.54, 1.807) is 6.08 Å². The lowest BCUT2D eigenvalue weighted by molar-refractivity contribution is -0.166. The molecule has 0 saturated carbocycles. The molecule has 0 aromatic heterocycles. The van der Waals surface area contributed by atoms with E-state index >= 15 is 0 Å². The number of esters is 3. The van der Waals surface area contributed by atoms with Gasteiger partial charge in [0.15, 0.2) is 6.10 Å². The van der Waals surface area contributed by atoms with E-state index in [1.165, 1.54) is 167 Å². The monoisotopic (exact) mass is 1150 g/mol. The summed E-state index contributed by atoms with van der Waals surface area (Å²) in [6.07, 6.45) is 99.3. The Kier molecular flexibility index (Phi) is 66.3. The van der Waals surface area contributed by atoms with Crippen LogP contribution in [0.15, 0.2) is 134 Å². The molecule has 0 spiro atoms. The highest BCUT2D eigenvalue weighted by atomic mass is 16.6. The Bertz CT molecular complexity index is 1750. The summed E-state index contributed by atoms with van der Waals surface area (Å²) in [5, 5.41) is 0. The molecule has 0 bridgehead atoms. The molecule has 0 fully saturated rings. The summed E-state index contributed by atoms with van der Waals surface area (Å²) in [6, 6.07) is 0. The van der Waals surface area contributed by atoms with E-state index in [1.807, 2.05) is 6.08 Å². The number of unbranched alkanes of at least 4 members (excludes halogenated alkanes) is 30. The minimum absolute atomic E-state index is 0.116. The van der Waals surface area contributed by atoms with Crippen LogP contribution in [0.4, 0.5) is 0 Å². The van der Waals surface area contributed by atoms with Crippen molar-refractivity contribution in [2.75, 3.05) is 13.2 Å². The maximum absolute atomic E-state index is 12.9. The van der Waals surface area contributed by atoms with Gasteiger partial charge in [0.2, 0.25) is 0 Å². The molecule has 0 saturated heterocycles. The third-order valence-corrected chi connectivity index (χ3v) is 14.6. The van der Waals surface area contributed by atoms with Gasteiger partial charge in [-0.2, -0.15) is 0 Å². The highest BCUT2D eigenvalue weighted by molar-refractivity contribution is 5.72. The summed E-state index contributed by atoms with van der Waals surface area (Å²) in [5.41, 5.74) is 0. The van der Waals surface area contributed by atoms with Gasteiger partial charge in [-0.25, -0.2) is 0 Å². The molecular formula is C77H128O6. The normalized spacial score (nSPS) is 13.0. The highest BCUT2D eigenvalue weighted by Crippen LogP contribution is 2.16. The van der Waals surface area contributed by atoms with Gasteiger partial charge in [-0.05, 0) is 122 Å². The van der Waals surface area contributed by atoms with Gasteiger partial charge in [-0.1, -0.05) is 309 Å². The fourth-order valence-corrected chi connectivity index (χ4v) is 9.47. The van der Waals surface area contributed by atoms with Crippen LogP contribution >= 0.6 is 0 Å². The van der Waals surface area contributed by atoms with E-state index in [-0.39, 0.29) is 31.6 Å². The molecule has 472 valence electrons. The first-order chi connectivity index (χ1) is 41.0. The van der Waals surface area contributed by atoms with Gasteiger partial charge in [0.1, 0.15) is 13.2 Å². The molecule has 0 N–H and O–H groups in total. The third kappa shape index (κ3) is 68.2. The zero-order valence-corrected chi connectivity index (χ0v) is 54.2. The molecule has 0 aromatic carbocycles. The molecule has 1 unspecified atom stereocenters. The number of rotatable bonds is 62. The molecule has 0 aromatic rings. The van der Waals surface area contributed by atoms with Crippen LogP contribution in [-0.4, -0.2) is 37.2 Å². The van der Waals surface area contributed by atoms with Crippen LogP contribution < -0.4 is 0 Å². The van der Waals surface area contributed by atoms with Crippen molar-refractivity contribution in [1.82, 2.24) is 0 Å². The van der Waals surface area contributed by atoms with E-state index in [0.29, 0.717) is 12.8 Å². The van der Waals surface area contributed by atoms with Gasteiger partial charge in [0, 0.05) is 12.8 Å². The smallest absolute Gasteiger partial charge is 0.309 e. The molecule has 6 nitrogen and oxygen atoms in total. The summed E-state index contributed by atoms with van der Waals surface area (Å²) in [4.78, 5) is 38.3. The number of ether oxygens (including phenoxy) is 3. The van der Waals surface area contributed by atoms with E-state index in [9.17, 15) is 14.4 Å². The Morgan fingerprint density at radius 1 is 0.265 bits per heavy atom. The van der Waals surface area contributed by atoms with Crippen molar-refractivity contribution in [3.05, 3.63) is 134 Å². The van der Waals surface area contributed by atoms with Crippen LogP contribution in [0, 0.1) is 0 Å². The maximum atomic E-state index is 12.9. The zero-order chi connectivity index (χ0) is 59.9. The first-order valence-corrected chi connectivity index (χ1v) is 34.7. The standard InChI is InChI=1S/C77H128O6/c1-4-7-10-13-16-19-22-25-28-30-32-34-35-36-37-38-39-40-41-43-44-46-49-52-55-58-61-64-67-70-76(79)82-73-74(72-81-75(78)69-66-63-60-57-54-51-48-27-24-21-18-15-12-9-6-3)83-77(80)71-68-65-62-59-56-53-50-47-45-42-33-31-29-26-23-20-17-14-11-8-5-2/h9,12,18,21-23,25-27,30-33,35-36,45,47-48,54,57,63,66,74H,4-8,10-11,13-17,19-20,24,28-29,34,37-44,46,49-53,55-56,58-62,64-65,67-73H2,1-3H3/b12-9-,21-18-,25-22-,26-23-,32-30-,33-31-,36-35-,47-45-,48-27-,57-54-,66-63-. The number of allylic oxidation sites excluding steroid dienone is 21. The van der Waals surface area contributed by atoms with Crippen LogP contribution in [0.1, 0.15) is 316 Å². The molecule has 0 aliphatic carbocycles. The van der Waals surface area contributed by atoms with Crippen LogP contribution in [-0.2, 0) is 28.6 Å². The lowest BCUT2D eigenvalue weighted by atomic mass is 10.0. The molecule has 0 aliphatic heterocycles. The molecule has 0 aliphatic rings. The third-order valence-electron chi connectivity index (χ3n) is 14.6. The van der Waals surface area contributed by atoms with E-state index < -0.39 is 12.1 Å². The fraction of sp³-hybridized carbons (Fsp3) is 0.675. The molecular weight excluding hydrogens is 1020 g/mol. The second kappa shape index (κ2) is 70.0. The van der Waals surface area contributed by atoms with Crippen molar-refractivity contribution in [3.63, 3.8) is 0 Å². The van der Waals surface area contributed by atoms with Gasteiger partial charge in [0.05, 0.1) is 6.42 Å². The Balaban J connectivity index is 4.39. The SMILES string of the molecule is CC/C=C\C/C=C\C/C=C\C/C=C\C/C=C\CC(=O)OCC(COC(=O)CCCCCCCCCCCCCCCC/C=C\C/C=C\C/C=C\CCCCCCC)OC(=O)CCCCCCCC/C=C\C/C=C\C/C=C\CCCCCCC. The van der Waals surface area contributed by atoms with Crippen LogP contribution in [0.3, 0.4) is 0 Å². The minimum atomic E-state index is -0.831. The lowest BCUT2D eigenvalue weighted by Gasteiger charge is -2.18. The first-order valence-electron chi connectivity index (χ1n) is 34.7. The van der Waals surface area contributed by atoms with Crippen molar-refractivity contribution < 1.29 is 28.6 Å². The zero-order valence-electron chi connectivity index (χ0n) is 54.2. The summed E-state index contributed by atoms with van der Waals surface area (Å²) in [7, 11) is 0. The summed E-state index contributed by atoms with van der Waals surface area (Å²) in [5.74, 6) is -1.06. The Hall–Kier alpha value is -4.45. The number of carbonyl (C=O) groups excluding carboxylic acids is 3. The minimum Gasteiger partial charge on any atom is -0.462 e. The van der Waals surface area contributed by atoms with Crippen LogP contribution in [0.25, 0.3) is 0 Å². The van der Waals surface area contributed by atoms with Gasteiger partial charge < -0.3 is 14.2 Å². The van der Waals surface area contributed by atoms with E-state index in [0.717, 1.165) is 109 Å². The van der Waals surface area contributed by atoms with Crippen LogP contribution in [0.2, 0.25) is 0 Å². The molecule has 83 heavy (non-hydrogen) atoms. The maximum Gasteiger partial charge on any atom is 0.309 e. The van der Waals surface area contributed by atoms with Crippen molar-refractivity contribution in [1.29, 1.82) is 0 Å². The van der Waals surface area contributed by atoms with Crippen molar-refractivity contribution in [2.45, 2.75) is 322 Å². The van der Waals surface area contributed by atoms with Gasteiger partial charge in [-0.15, -0.1) is 0 Å². The predicted octanol–water partition coefficient (Wildman–Crippen LogP) is 24.1. The Labute approximate surface area is 513 Å². The molecule has 6 heteroatoms. The van der Waals surface area contributed by atoms with Gasteiger partial charge in [-0.3, -0.25) is 14.4 Å². The van der Waals surface area contributed by atoms with E-state index in [2.05, 4.69) is 142 Å². The average Bonchev–Trinajstić information content (AvgIpc) is 3.49. The number of hydrogen-bond acceptors (Lipinski definition) is 6. The lowest BCUT2D eigenvalue weighted by Crippen LogP contribution is -2.30. The molecule has 0 heterocycles. The molecule has 0 rings (SSSR count). The highest BCUT2D eigenvalue weighted by Gasteiger charge is 2.19. The second-order valence-electron chi connectivity index (χ2n) is 22.7. The van der Waals surface area contributed by atoms with Crippen LogP contribution in [0.5, 0.6) is 0 Å². The number of hydrogen-bond donors (Lipinski definition) is 0. The van der Waals surface area contributed by atoms with Crippen molar-refractivity contribution in [3.8, 4) is 0 Å². The van der Waals surface area contributed by atoms with E-state index in [4.69, 9.17) is 14.2 Å². The molecule has 0 radical (unpaired) electrons. The molecule has 0 amide bonds. The largest absolute Gasteiger partial charge is 0.462 e. The second-order valence-corrected chi connectivity index (χ2v) is 22.7. The van der Waals surface area contributed by atoms with Gasteiger partial charge in [0.25, 0.3) is 0 Å². The summed E-state index contributed by atoms with van der Waals surface area (Å²) in [6.45, 7) is 6.42. The predicted molar refractivity (Wildman–Crippen MR) is 362 cm³/mol. The Morgan fingerprint density at radius 2 is 0.518 bits per heavy atom. The van der Waals surface area contributed by atoms with Crippen molar-refractivity contribution >= 4 is 17.9 Å². The summed E-state index contributed by atoms with van der Waals surface area (Å²) < 4.78 is 16.8. The Morgan fingerprint density at radius 3 is 0.843 bits per heavy atom. The van der Waals surface area contributed by atoms with Crippen molar-refractivity contribution in [2.24, 2.45) is 0 Å². The molecule has 1 atom stereocenters. The average molecular weight is 1150 g/mol. The first kappa shape index (κ1) is 78.5. The van der Waals surface area contributed by atoms with Gasteiger partial charge >= 0.3 is 17.9 Å². The summed E-state index contributed by atoms with van der Waals surface area (Å²) >= 11 is 0.